The van der Waals surface area contributed by atoms with Crippen LogP contribution in [0.25, 0.3) is 0 Å². The first-order valence-corrected chi connectivity index (χ1v) is 7.20. The number of hydrogen-bond donors (Lipinski definition) is 1. The van der Waals surface area contributed by atoms with E-state index in [0.717, 1.165) is 18.8 Å². The van der Waals surface area contributed by atoms with Crippen molar-refractivity contribution in [2.45, 2.75) is 37.8 Å². The molecule has 2 fully saturated rings. The first-order valence-electron chi connectivity index (χ1n) is 6.44. The van der Waals surface area contributed by atoms with Gasteiger partial charge in [-0.3, -0.25) is 0 Å². The minimum Gasteiger partial charge on any atom is -0.364 e. The molecule has 6 heteroatoms. The molecule has 0 aliphatic carbocycles. The molecule has 1 N–H and O–H groups in total. The Morgan fingerprint density at radius 1 is 1.22 bits per heavy atom. The Labute approximate surface area is 117 Å². The second-order valence-electron chi connectivity index (χ2n) is 4.95. The average molecular weight is 287 g/mol. The van der Waals surface area contributed by atoms with Crippen LogP contribution in [0.5, 0.6) is 0 Å². The topological polar surface area (TPSA) is 41.0 Å². The zero-order valence-corrected chi connectivity index (χ0v) is 11.6. The van der Waals surface area contributed by atoms with Crippen LogP contribution in [-0.4, -0.2) is 35.4 Å². The fourth-order valence-electron chi connectivity index (χ4n) is 3.10. The van der Waals surface area contributed by atoms with Crippen molar-refractivity contribution in [3.05, 3.63) is 16.4 Å². The van der Waals surface area contributed by atoms with Crippen LogP contribution in [0.4, 0.5) is 5.69 Å². The van der Waals surface area contributed by atoms with E-state index in [-0.39, 0.29) is 0 Å². The Kier molecular flexibility index (Phi) is 3.59. The summed E-state index contributed by atoms with van der Waals surface area (Å²) in [5.74, 6) is 0. The SMILES string of the molecule is Clc1cc(N2CCCC2C2CCCN2)c(Cl)nn1. The summed E-state index contributed by atoms with van der Waals surface area (Å²) < 4.78 is 0. The molecule has 2 saturated heterocycles. The highest BCUT2D eigenvalue weighted by Gasteiger charge is 2.34. The van der Waals surface area contributed by atoms with Gasteiger partial charge in [-0.05, 0) is 32.2 Å². The third kappa shape index (κ3) is 2.29. The van der Waals surface area contributed by atoms with Gasteiger partial charge in [-0.2, -0.15) is 0 Å². The summed E-state index contributed by atoms with van der Waals surface area (Å²) in [6, 6.07) is 2.89. The third-order valence-corrected chi connectivity index (χ3v) is 4.33. The molecule has 3 heterocycles. The maximum Gasteiger partial charge on any atom is 0.175 e. The highest BCUT2D eigenvalue weighted by atomic mass is 35.5. The maximum atomic E-state index is 6.15. The summed E-state index contributed by atoms with van der Waals surface area (Å²) in [5.41, 5.74) is 0.924. The lowest BCUT2D eigenvalue weighted by Crippen LogP contribution is -2.44. The summed E-state index contributed by atoms with van der Waals surface area (Å²) in [6.45, 7) is 2.14. The highest BCUT2D eigenvalue weighted by molar-refractivity contribution is 6.33. The van der Waals surface area contributed by atoms with E-state index in [1.54, 1.807) is 0 Å². The molecule has 98 valence electrons. The van der Waals surface area contributed by atoms with Crippen LogP contribution in [0, 0.1) is 0 Å². The van der Waals surface area contributed by atoms with Gasteiger partial charge in [-0.15, -0.1) is 10.2 Å². The second kappa shape index (κ2) is 5.19. The van der Waals surface area contributed by atoms with E-state index in [2.05, 4.69) is 20.4 Å². The molecule has 1 aromatic rings. The van der Waals surface area contributed by atoms with Crippen LogP contribution < -0.4 is 10.2 Å². The Balaban J connectivity index is 1.87. The minimum absolute atomic E-state index is 0.402. The Morgan fingerprint density at radius 2 is 2.11 bits per heavy atom. The van der Waals surface area contributed by atoms with Gasteiger partial charge in [-0.1, -0.05) is 23.2 Å². The largest absolute Gasteiger partial charge is 0.364 e. The molecule has 3 rings (SSSR count). The van der Waals surface area contributed by atoms with Gasteiger partial charge < -0.3 is 10.2 Å². The van der Waals surface area contributed by atoms with Crippen molar-refractivity contribution in [2.24, 2.45) is 0 Å². The lowest BCUT2D eigenvalue weighted by atomic mass is 10.0. The number of anilines is 1. The van der Waals surface area contributed by atoms with E-state index in [1.165, 1.54) is 25.7 Å². The normalized spacial score (nSPS) is 28.0. The summed E-state index contributed by atoms with van der Waals surface area (Å²) in [5, 5.41) is 12.1. The monoisotopic (exact) mass is 286 g/mol. The van der Waals surface area contributed by atoms with Gasteiger partial charge in [0, 0.05) is 24.7 Å². The van der Waals surface area contributed by atoms with Crippen molar-refractivity contribution in [2.75, 3.05) is 18.0 Å². The van der Waals surface area contributed by atoms with Gasteiger partial charge in [0.15, 0.2) is 10.3 Å². The molecular weight excluding hydrogens is 271 g/mol. The molecule has 0 aromatic carbocycles. The standard InChI is InChI=1S/C12H16Cl2N4/c13-11-7-10(12(14)17-16-11)18-6-2-4-9(18)8-3-1-5-15-8/h7-9,15H,1-6H2. The minimum atomic E-state index is 0.402. The van der Waals surface area contributed by atoms with Crippen LogP contribution >= 0.6 is 23.2 Å². The summed E-state index contributed by atoms with van der Waals surface area (Å²) in [7, 11) is 0. The van der Waals surface area contributed by atoms with Crippen molar-refractivity contribution in [1.82, 2.24) is 15.5 Å². The molecule has 2 atom stereocenters. The fourth-order valence-corrected chi connectivity index (χ4v) is 3.44. The van der Waals surface area contributed by atoms with Crippen molar-refractivity contribution in [1.29, 1.82) is 0 Å². The molecule has 0 radical (unpaired) electrons. The number of aromatic nitrogens is 2. The molecular formula is C12H16Cl2N4. The molecule has 1 aromatic heterocycles. The number of halogens is 2. The van der Waals surface area contributed by atoms with Gasteiger partial charge in [0.2, 0.25) is 0 Å². The number of rotatable bonds is 2. The Morgan fingerprint density at radius 3 is 2.89 bits per heavy atom. The van der Waals surface area contributed by atoms with Gasteiger partial charge in [0.05, 0.1) is 5.69 Å². The number of hydrogen-bond acceptors (Lipinski definition) is 4. The smallest absolute Gasteiger partial charge is 0.175 e. The second-order valence-corrected chi connectivity index (χ2v) is 5.69. The first-order chi connectivity index (χ1) is 8.75. The molecule has 4 nitrogen and oxygen atoms in total. The van der Waals surface area contributed by atoms with Gasteiger partial charge in [0.25, 0.3) is 0 Å². The maximum absolute atomic E-state index is 6.15. The highest BCUT2D eigenvalue weighted by Crippen LogP contribution is 2.34. The van der Waals surface area contributed by atoms with E-state index in [4.69, 9.17) is 23.2 Å². The first kappa shape index (κ1) is 12.5. The van der Waals surface area contributed by atoms with E-state index in [9.17, 15) is 0 Å². The van der Waals surface area contributed by atoms with Crippen LogP contribution in [0.2, 0.25) is 10.3 Å². The molecule has 2 unspecified atom stereocenters. The molecule has 2 aliphatic rings. The lowest BCUT2D eigenvalue weighted by Gasteiger charge is -2.31. The van der Waals surface area contributed by atoms with Crippen LogP contribution in [0.15, 0.2) is 6.07 Å². The summed E-state index contributed by atoms with van der Waals surface area (Å²) >= 11 is 12.1. The van der Waals surface area contributed by atoms with Gasteiger partial charge in [0.1, 0.15) is 0 Å². The molecule has 0 spiro atoms. The number of nitrogens with one attached hydrogen (secondary N) is 1. The predicted molar refractivity (Wildman–Crippen MR) is 73.4 cm³/mol. The molecule has 0 saturated carbocycles. The predicted octanol–water partition coefficient (Wildman–Crippen LogP) is 2.50. The third-order valence-electron chi connectivity index (χ3n) is 3.87. The molecule has 0 amide bonds. The van der Waals surface area contributed by atoms with E-state index in [1.807, 2.05) is 6.07 Å². The Bertz CT molecular complexity index is 434. The lowest BCUT2D eigenvalue weighted by molar-refractivity contribution is 0.482. The summed E-state index contributed by atoms with van der Waals surface area (Å²) in [6.07, 6.45) is 4.90. The zero-order valence-electron chi connectivity index (χ0n) is 10.1. The van der Waals surface area contributed by atoms with Gasteiger partial charge in [-0.25, -0.2) is 0 Å². The van der Waals surface area contributed by atoms with Gasteiger partial charge >= 0.3 is 0 Å². The van der Waals surface area contributed by atoms with Crippen LogP contribution in [-0.2, 0) is 0 Å². The zero-order chi connectivity index (χ0) is 12.5. The van der Waals surface area contributed by atoms with Crippen molar-refractivity contribution in [3.8, 4) is 0 Å². The van der Waals surface area contributed by atoms with E-state index < -0.39 is 0 Å². The quantitative estimate of drug-likeness (QED) is 0.907. The van der Waals surface area contributed by atoms with E-state index in [0.29, 0.717) is 22.4 Å². The average Bonchev–Trinajstić information content (AvgIpc) is 3.00. The molecule has 0 bridgehead atoms. The molecule has 2 aliphatic heterocycles. The number of nitrogens with zero attached hydrogens (tertiary/aromatic N) is 3. The Hall–Kier alpha value is -0.580. The molecule has 18 heavy (non-hydrogen) atoms. The summed E-state index contributed by atoms with van der Waals surface area (Å²) in [4.78, 5) is 2.34. The van der Waals surface area contributed by atoms with E-state index >= 15 is 0 Å². The van der Waals surface area contributed by atoms with Crippen molar-refractivity contribution >= 4 is 28.9 Å². The van der Waals surface area contributed by atoms with Crippen LogP contribution in [0.3, 0.4) is 0 Å². The fraction of sp³-hybridized carbons (Fsp3) is 0.667. The van der Waals surface area contributed by atoms with Crippen molar-refractivity contribution < 1.29 is 0 Å². The van der Waals surface area contributed by atoms with Crippen LogP contribution in [0.1, 0.15) is 25.7 Å². The van der Waals surface area contributed by atoms with Crippen molar-refractivity contribution in [3.63, 3.8) is 0 Å².